The summed E-state index contributed by atoms with van der Waals surface area (Å²) in [4.78, 5) is 58.3. The third-order valence-electron chi connectivity index (χ3n) is 5.99. The number of imidazole rings is 1. The Hall–Kier alpha value is -2.99. The van der Waals surface area contributed by atoms with E-state index in [4.69, 9.17) is 5.73 Å². The summed E-state index contributed by atoms with van der Waals surface area (Å²) in [6.45, 7) is 5.27. The van der Waals surface area contributed by atoms with Crippen molar-refractivity contribution in [2.24, 2.45) is 11.7 Å². The first-order valence-electron chi connectivity index (χ1n) is 11.1. The molecule has 1 aliphatic rings. The molecule has 0 saturated carbocycles. The highest BCUT2D eigenvalue weighted by Crippen LogP contribution is 2.22. The van der Waals surface area contributed by atoms with Gasteiger partial charge in [-0.3, -0.25) is 14.4 Å². The smallest absolute Gasteiger partial charge is 0.328 e. The molecule has 0 aromatic carbocycles. The maximum Gasteiger partial charge on any atom is 0.328 e. The summed E-state index contributed by atoms with van der Waals surface area (Å²) in [6, 6.07) is -4.17. The number of amides is 3. The number of carboxylic acid groups (broad SMARTS) is 1. The third-order valence-corrected chi connectivity index (χ3v) is 5.99. The second kappa shape index (κ2) is 11.8. The number of aliphatic hydroxyl groups is 1. The Kier molecular flexibility index (Phi) is 9.35. The lowest BCUT2D eigenvalue weighted by atomic mass is 9.96. The number of hydrogen-bond acceptors (Lipinski definition) is 7. The predicted octanol–water partition coefficient (Wildman–Crippen LogP) is -1.25. The van der Waals surface area contributed by atoms with Crippen LogP contribution < -0.4 is 16.4 Å². The molecule has 3 amide bonds. The molecule has 12 heteroatoms. The van der Waals surface area contributed by atoms with E-state index in [0.29, 0.717) is 31.5 Å². The van der Waals surface area contributed by atoms with Gasteiger partial charge in [-0.15, -0.1) is 0 Å². The first kappa shape index (κ1) is 26.3. The van der Waals surface area contributed by atoms with Crippen molar-refractivity contribution in [3.05, 3.63) is 18.2 Å². The fourth-order valence-electron chi connectivity index (χ4n) is 3.79. The van der Waals surface area contributed by atoms with Crippen molar-refractivity contribution in [1.82, 2.24) is 25.5 Å². The molecule has 0 unspecified atom stereocenters. The van der Waals surface area contributed by atoms with Crippen molar-refractivity contribution in [3.63, 3.8) is 0 Å². The SMILES string of the molecule is CC[C@H](C)[C@H](NC(=O)[C@@H](N)Cc1cnc[nH]1)C(=O)N1CCC[C@H]1C(=O)N[C@H](C(=O)O)[C@@H](C)O. The maximum atomic E-state index is 13.4. The quantitative estimate of drug-likeness (QED) is 0.233. The van der Waals surface area contributed by atoms with Crippen LogP contribution in [0.2, 0.25) is 0 Å². The normalized spacial score (nSPS) is 20.4. The van der Waals surface area contributed by atoms with Gasteiger partial charge < -0.3 is 36.5 Å². The Morgan fingerprint density at radius 1 is 1.27 bits per heavy atom. The summed E-state index contributed by atoms with van der Waals surface area (Å²) in [5.41, 5.74) is 6.70. The second-order valence-electron chi connectivity index (χ2n) is 8.51. The first-order chi connectivity index (χ1) is 15.6. The number of carboxylic acids is 1. The number of aliphatic carboxylic acids is 1. The lowest BCUT2D eigenvalue weighted by Gasteiger charge is -2.32. The molecule has 1 aromatic rings. The van der Waals surface area contributed by atoms with Gasteiger partial charge in [0.1, 0.15) is 12.1 Å². The van der Waals surface area contributed by atoms with Gasteiger partial charge in [0.25, 0.3) is 0 Å². The predicted molar refractivity (Wildman–Crippen MR) is 118 cm³/mol. The Morgan fingerprint density at radius 2 is 1.97 bits per heavy atom. The minimum Gasteiger partial charge on any atom is -0.480 e. The summed E-state index contributed by atoms with van der Waals surface area (Å²) < 4.78 is 0. The minimum absolute atomic E-state index is 0.220. The van der Waals surface area contributed by atoms with E-state index >= 15 is 0 Å². The van der Waals surface area contributed by atoms with Gasteiger partial charge in [-0.25, -0.2) is 9.78 Å². The van der Waals surface area contributed by atoms with Crippen molar-refractivity contribution in [1.29, 1.82) is 0 Å². The number of likely N-dealkylation sites (tertiary alicyclic amines) is 1. The van der Waals surface area contributed by atoms with Gasteiger partial charge >= 0.3 is 5.97 Å². The summed E-state index contributed by atoms with van der Waals surface area (Å²) in [5.74, 6) is -3.17. The van der Waals surface area contributed by atoms with Crippen LogP contribution in [0.5, 0.6) is 0 Å². The molecule has 1 aromatic heterocycles. The largest absolute Gasteiger partial charge is 0.480 e. The minimum atomic E-state index is -1.49. The molecular formula is C21H34N6O6. The zero-order valence-electron chi connectivity index (χ0n) is 19.2. The molecule has 7 N–H and O–H groups in total. The third kappa shape index (κ3) is 6.75. The van der Waals surface area contributed by atoms with Gasteiger partial charge in [-0.2, -0.15) is 0 Å². The molecule has 0 aliphatic carbocycles. The first-order valence-corrected chi connectivity index (χ1v) is 11.1. The van der Waals surface area contributed by atoms with Crippen LogP contribution in [0.1, 0.15) is 45.7 Å². The van der Waals surface area contributed by atoms with E-state index in [9.17, 15) is 29.4 Å². The van der Waals surface area contributed by atoms with Crippen LogP contribution in [0, 0.1) is 5.92 Å². The van der Waals surface area contributed by atoms with Crippen LogP contribution in [0.15, 0.2) is 12.5 Å². The van der Waals surface area contributed by atoms with E-state index < -0.39 is 54.0 Å². The highest BCUT2D eigenvalue weighted by molar-refractivity contribution is 5.94. The molecule has 1 saturated heterocycles. The highest BCUT2D eigenvalue weighted by Gasteiger charge is 2.40. The number of nitrogens with zero attached hydrogens (tertiary/aromatic N) is 2. The van der Waals surface area contributed by atoms with Crippen LogP contribution in [-0.2, 0) is 25.6 Å². The Balaban J connectivity index is 2.12. The van der Waals surface area contributed by atoms with E-state index in [1.54, 1.807) is 6.20 Å². The summed E-state index contributed by atoms with van der Waals surface area (Å²) in [5, 5.41) is 23.9. The molecule has 0 spiro atoms. The molecule has 1 aliphatic heterocycles. The molecule has 0 bridgehead atoms. The van der Waals surface area contributed by atoms with E-state index in [-0.39, 0.29) is 12.3 Å². The fraction of sp³-hybridized carbons (Fsp3) is 0.667. The lowest BCUT2D eigenvalue weighted by molar-refractivity contribution is -0.147. The molecule has 1 fully saturated rings. The van der Waals surface area contributed by atoms with Gasteiger partial charge in [-0.1, -0.05) is 20.3 Å². The number of carbonyl (C=O) groups is 4. The van der Waals surface area contributed by atoms with E-state index in [2.05, 4.69) is 20.6 Å². The molecule has 0 radical (unpaired) electrons. The van der Waals surface area contributed by atoms with Gasteiger partial charge in [0.05, 0.1) is 18.5 Å². The average molecular weight is 467 g/mol. The number of hydrogen-bond donors (Lipinski definition) is 6. The maximum absolute atomic E-state index is 13.4. The second-order valence-corrected chi connectivity index (χ2v) is 8.51. The standard InChI is InChI=1S/C21H34N6O6/c1-4-11(2)16(25-18(29)14(22)8-13-9-23-10-24-13)20(31)27-7-5-6-15(27)19(30)26-17(12(3)28)21(32)33/h9-12,14-17,28H,4-8,22H2,1-3H3,(H,23,24)(H,25,29)(H,26,30)(H,32,33)/t11-,12+,14-,15-,16-,17-/m0/s1. The van der Waals surface area contributed by atoms with Gasteiger partial charge in [-0.05, 0) is 25.7 Å². The molecule has 12 nitrogen and oxygen atoms in total. The Labute approximate surface area is 192 Å². The van der Waals surface area contributed by atoms with Gasteiger partial charge in [0, 0.05) is 24.9 Å². The number of aromatic nitrogens is 2. The number of H-pyrrole nitrogens is 1. The van der Waals surface area contributed by atoms with Gasteiger partial charge in [0.2, 0.25) is 17.7 Å². The Morgan fingerprint density at radius 3 is 2.52 bits per heavy atom. The molecular weight excluding hydrogens is 432 g/mol. The highest BCUT2D eigenvalue weighted by atomic mass is 16.4. The molecule has 33 heavy (non-hydrogen) atoms. The van der Waals surface area contributed by atoms with Crippen LogP contribution in [0.3, 0.4) is 0 Å². The van der Waals surface area contributed by atoms with Crippen LogP contribution in [0.25, 0.3) is 0 Å². The van der Waals surface area contributed by atoms with E-state index in [0.717, 1.165) is 0 Å². The van der Waals surface area contributed by atoms with Crippen LogP contribution in [-0.4, -0.2) is 85.6 Å². The van der Waals surface area contributed by atoms with E-state index in [1.165, 1.54) is 18.2 Å². The number of aliphatic hydroxyl groups excluding tert-OH is 1. The monoisotopic (exact) mass is 466 g/mol. The lowest BCUT2D eigenvalue weighted by Crippen LogP contribution is -2.59. The van der Waals surface area contributed by atoms with Crippen molar-refractivity contribution in [2.75, 3.05) is 6.54 Å². The summed E-state index contributed by atoms with van der Waals surface area (Å²) >= 11 is 0. The zero-order valence-corrected chi connectivity index (χ0v) is 19.2. The number of carbonyl (C=O) groups excluding carboxylic acids is 3. The summed E-state index contributed by atoms with van der Waals surface area (Å²) in [6.07, 6.45) is 3.46. The van der Waals surface area contributed by atoms with Crippen LogP contribution in [0.4, 0.5) is 0 Å². The number of nitrogens with two attached hydrogens (primary N) is 1. The zero-order chi connectivity index (χ0) is 24.7. The van der Waals surface area contributed by atoms with Crippen LogP contribution >= 0.6 is 0 Å². The number of rotatable bonds is 11. The Bertz CT molecular complexity index is 829. The van der Waals surface area contributed by atoms with Crippen molar-refractivity contribution in [3.8, 4) is 0 Å². The van der Waals surface area contributed by atoms with E-state index in [1.807, 2.05) is 13.8 Å². The number of aromatic amines is 1. The molecule has 6 atom stereocenters. The molecule has 184 valence electrons. The molecule has 2 heterocycles. The van der Waals surface area contributed by atoms with Crippen molar-refractivity contribution < 1.29 is 29.4 Å². The average Bonchev–Trinajstić information content (AvgIpc) is 3.46. The fourth-order valence-corrected chi connectivity index (χ4v) is 3.79. The summed E-state index contributed by atoms with van der Waals surface area (Å²) in [7, 11) is 0. The molecule has 2 rings (SSSR count). The van der Waals surface area contributed by atoms with Gasteiger partial charge in [0.15, 0.2) is 6.04 Å². The van der Waals surface area contributed by atoms with Crippen molar-refractivity contribution >= 4 is 23.7 Å². The number of nitrogens with one attached hydrogen (secondary N) is 3. The topological polar surface area (TPSA) is 191 Å². The van der Waals surface area contributed by atoms with Crippen molar-refractivity contribution in [2.45, 2.75) is 76.7 Å².